The molecular formula is C17H31BN2O5. The number of nitrogens with zero attached hydrogens (tertiary/aromatic N) is 2. The monoisotopic (exact) mass is 354 g/mol. The molecule has 3 rings (SSSR count). The van der Waals surface area contributed by atoms with E-state index in [4.69, 9.17) is 14.0 Å². The van der Waals surface area contributed by atoms with E-state index in [1.165, 1.54) is 0 Å². The van der Waals surface area contributed by atoms with Crippen molar-refractivity contribution in [2.75, 3.05) is 39.4 Å². The maximum Gasteiger partial charge on any atom is 0.461 e. The number of carbonyl (C=O) groups is 1. The molecule has 3 heterocycles. The standard InChI is InChI=1S/C17H31BN2O5/c1-16(2)17(3,4)25-18(24-16)13-5-7-19(8-6-13)15(22)20-9-10-23-12-14(21)11-20/h13-14,21H,5-12H2,1-4H3. The number of aliphatic hydroxyl groups excluding tert-OH is 1. The summed E-state index contributed by atoms with van der Waals surface area (Å²) < 4.78 is 17.6. The molecule has 0 aromatic carbocycles. The SMILES string of the molecule is CC1(C)OB(C2CCN(C(=O)N3CCOCC(O)C3)CC2)OC1(C)C. The lowest BCUT2D eigenvalue weighted by Crippen LogP contribution is -2.49. The highest BCUT2D eigenvalue weighted by molar-refractivity contribution is 6.47. The first-order valence-corrected chi connectivity index (χ1v) is 9.35. The predicted molar refractivity (Wildman–Crippen MR) is 94.4 cm³/mol. The van der Waals surface area contributed by atoms with Crippen molar-refractivity contribution in [2.24, 2.45) is 0 Å². The fraction of sp³-hybridized carbons (Fsp3) is 0.941. The van der Waals surface area contributed by atoms with Crippen LogP contribution in [0.3, 0.4) is 0 Å². The molecule has 0 radical (unpaired) electrons. The van der Waals surface area contributed by atoms with Crippen molar-refractivity contribution in [3.8, 4) is 0 Å². The van der Waals surface area contributed by atoms with Crippen LogP contribution in [0.25, 0.3) is 0 Å². The summed E-state index contributed by atoms with van der Waals surface area (Å²) in [6.45, 7) is 11.3. The van der Waals surface area contributed by atoms with Gasteiger partial charge in [-0.05, 0) is 46.4 Å². The minimum atomic E-state index is -0.603. The van der Waals surface area contributed by atoms with Crippen LogP contribution in [0.2, 0.25) is 5.82 Å². The van der Waals surface area contributed by atoms with Crippen LogP contribution in [0.15, 0.2) is 0 Å². The maximum absolute atomic E-state index is 12.7. The first-order chi connectivity index (χ1) is 11.7. The summed E-state index contributed by atoms with van der Waals surface area (Å²) in [4.78, 5) is 16.3. The lowest BCUT2D eigenvalue weighted by atomic mass is 9.67. The van der Waals surface area contributed by atoms with Crippen LogP contribution in [0.5, 0.6) is 0 Å². The van der Waals surface area contributed by atoms with Crippen molar-refractivity contribution in [1.29, 1.82) is 0 Å². The molecule has 1 atom stereocenters. The fourth-order valence-electron chi connectivity index (χ4n) is 3.61. The number of carbonyl (C=O) groups excluding carboxylic acids is 1. The summed E-state index contributed by atoms with van der Waals surface area (Å²) in [6.07, 6.45) is 1.14. The zero-order chi connectivity index (χ0) is 18.2. The Labute approximate surface area is 150 Å². The van der Waals surface area contributed by atoms with Gasteiger partial charge in [0.1, 0.15) is 0 Å². The van der Waals surface area contributed by atoms with Crippen molar-refractivity contribution >= 4 is 13.1 Å². The van der Waals surface area contributed by atoms with E-state index in [0.29, 0.717) is 45.2 Å². The van der Waals surface area contributed by atoms with Crippen LogP contribution < -0.4 is 0 Å². The number of ether oxygens (including phenoxy) is 1. The Balaban J connectivity index is 1.53. The molecule has 2 amide bonds. The Morgan fingerprint density at radius 2 is 1.64 bits per heavy atom. The van der Waals surface area contributed by atoms with E-state index in [1.54, 1.807) is 4.90 Å². The number of amides is 2. The molecular weight excluding hydrogens is 323 g/mol. The quantitative estimate of drug-likeness (QED) is 0.720. The second-order valence-electron chi connectivity index (χ2n) is 8.41. The van der Waals surface area contributed by atoms with Crippen molar-refractivity contribution in [3.05, 3.63) is 0 Å². The van der Waals surface area contributed by atoms with Crippen LogP contribution in [0.4, 0.5) is 4.79 Å². The summed E-state index contributed by atoms with van der Waals surface area (Å²) in [5.74, 6) is 0.308. The number of hydrogen-bond acceptors (Lipinski definition) is 5. The molecule has 0 spiro atoms. The summed E-state index contributed by atoms with van der Waals surface area (Å²) >= 11 is 0. The van der Waals surface area contributed by atoms with Gasteiger partial charge in [0.25, 0.3) is 0 Å². The van der Waals surface area contributed by atoms with Gasteiger partial charge in [0.2, 0.25) is 0 Å². The first kappa shape index (κ1) is 19.0. The molecule has 0 aromatic rings. The molecule has 3 fully saturated rings. The Morgan fingerprint density at radius 3 is 2.24 bits per heavy atom. The molecule has 0 aromatic heterocycles. The molecule has 0 saturated carbocycles. The number of aliphatic hydroxyl groups is 1. The number of rotatable bonds is 1. The predicted octanol–water partition coefficient (Wildman–Crippen LogP) is 1.36. The molecule has 1 unspecified atom stereocenters. The number of β-amino-alcohol motifs (C(OH)–C–C–N with tert-alkyl or cyclic N) is 1. The van der Waals surface area contributed by atoms with E-state index in [2.05, 4.69) is 27.7 Å². The van der Waals surface area contributed by atoms with Crippen LogP contribution in [0.1, 0.15) is 40.5 Å². The number of piperidine rings is 1. The Hall–Kier alpha value is -0.825. The Kier molecular flexibility index (Phi) is 5.35. The van der Waals surface area contributed by atoms with Gasteiger partial charge in [-0.15, -0.1) is 0 Å². The van der Waals surface area contributed by atoms with Crippen molar-refractivity contribution in [3.63, 3.8) is 0 Å². The minimum Gasteiger partial charge on any atom is -0.403 e. The summed E-state index contributed by atoms with van der Waals surface area (Å²) in [5.41, 5.74) is -0.625. The van der Waals surface area contributed by atoms with Gasteiger partial charge in [-0.2, -0.15) is 0 Å². The van der Waals surface area contributed by atoms with Crippen LogP contribution >= 0.6 is 0 Å². The van der Waals surface area contributed by atoms with Gasteiger partial charge in [-0.25, -0.2) is 4.79 Å². The molecule has 7 nitrogen and oxygen atoms in total. The lowest BCUT2D eigenvalue weighted by molar-refractivity contribution is 0.00578. The highest BCUT2D eigenvalue weighted by Gasteiger charge is 2.54. The number of likely N-dealkylation sites (tertiary alicyclic amines) is 1. The van der Waals surface area contributed by atoms with Crippen molar-refractivity contribution in [1.82, 2.24) is 9.80 Å². The zero-order valence-corrected chi connectivity index (χ0v) is 15.9. The highest BCUT2D eigenvalue weighted by atomic mass is 16.7. The van der Waals surface area contributed by atoms with Crippen LogP contribution in [-0.4, -0.2) is 84.8 Å². The summed E-state index contributed by atoms with van der Waals surface area (Å²) in [5, 5.41) is 9.82. The topological polar surface area (TPSA) is 71.5 Å². The minimum absolute atomic E-state index is 0.00285. The van der Waals surface area contributed by atoms with Crippen molar-refractivity contribution in [2.45, 2.75) is 63.7 Å². The largest absolute Gasteiger partial charge is 0.461 e. The fourth-order valence-corrected chi connectivity index (χ4v) is 3.61. The molecule has 0 aliphatic carbocycles. The maximum atomic E-state index is 12.7. The molecule has 8 heteroatoms. The van der Waals surface area contributed by atoms with Crippen LogP contribution in [-0.2, 0) is 14.0 Å². The first-order valence-electron chi connectivity index (χ1n) is 9.35. The summed E-state index contributed by atoms with van der Waals surface area (Å²) in [7, 11) is -0.198. The molecule has 1 N–H and O–H groups in total. The molecule has 3 aliphatic heterocycles. The van der Waals surface area contributed by atoms with E-state index in [0.717, 1.165) is 12.8 Å². The molecule has 3 saturated heterocycles. The smallest absolute Gasteiger partial charge is 0.403 e. The van der Waals surface area contributed by atoms with E-state index < -0.39 is 6.10 Å². The van der Waals surface area contributed by atoms with Gasteiger partial charge in [-0.3, -0.25) is 0 Å². The van der Waals surface area contributed by atoms with Gasteiger partial charge in [0.05, 0.1) is 37.1 Å². The van der Waals surface area contributed by atoms with E-state index in [1.807, 2.05) is 4.90 Å². The highest BCUT2D eigenvalue weighted by Crippen LogP contribution is 2.42. The average molecular weight is 354 g/mol. The van der Waals surface area contributed by atoms with Crippen molar-refractivity contribution < 1.29 is 23.9 Å². The number of hydrogen-bond donors (Lipinski definition) is 1. The molecule has 142 valence electrons. The second kappa shape index (κ2) is 7.06. The van der Waals surface area contributed by atoms with Gasteiger partial charge >= 0.3 is 13.1 Å². The Bertz CT molecular complexity index is 477. The third-order valence-electron chi connectivity index (χ3n) is 5.98. The van der Waals surface area contributed by atoms with E-state index in [-0.39, 0.29) is 24.4 Å². The normalized spacial score (nSPS) is 30.4. The van der Waals surface area contributed by atoms with E-state index in [9.17, 15) is 9.90 Å². The molecule has 3 aliphatic rings. The average Bonchev–Trinajstić information content (AvgIpc) is 2.70. The van der Waals surface area contributed by atoms with Gasteiger partial charge in [0.15, 0.2) is 0 Å². The summed E-state index contributed by atoms with van der Waals surface area (Å²) in [6, 6.07) is -0.00285. The second-order valence-corrected chi connectivity index (χ2v) is 8.41. The van der Waals surface area contributed by atoms with Gasteiger partial charge in [0, 0.05) is 19.6 Å². The zero-order valence-electron chi connectivity index (χ0n) is 15.9. The molecule has 25 heavy (non-hydrogen) atoms. The number of urea groups is 1. The third-order valence-corrected chi connectivity index (χ3v) is 5.98. The molecule has 0 bridgehead atoms. The van der Waals surface area contributed by atoms with Gasteiger partial charge < -0.3 is 29.0 Å². The Morgan fingerprint density at radius 1 is 1.04 bits per heavy atom. The third kappa shape index (κ3) is 3.97. The van der Waals surface area contributed by atoms with Crippen LogP contribution in [0, 0.1) is 0 Å². The van der Waals surface area contributed by atoms with Gasteiger partial charge in [-0.1, -0.05) is 0 Å². The van der Waals surface area contributed by atoms with E-state index >= 15 is 0 Å². The lowest BCUT2D eigenvalue weighted by Gasteiger charge is -2.36.